The molecule has 8 nitrogen and oxygen atoms in total. The third kappa shape index (κ3) is 2.80. The van der Waals surface area contributed by atoms with Crippen molar-refractivity contribution in [2.45, 2.75) is 12.6 Å². The molecule has 8 heteroatoms. The van der Waals surface area contributed by atoms with E-state index in [0.29, 0.717) is 17.1 Å². The van der Waals surface area contributed by atoms with Crippen molar-refractivity contribution in [3.63, 3.8) is 0 Å². The van der Waals surface area contributed by atoms with Crippen LogP contribution in [0.4, 0.5) is 5.69 Å². The van der Waals surface area contributed by atoms with Crippen LogP contribution in [0.15, 0.2) is 42.5 Å². The summed E-state index contributed by atoms with van der Waals surface area (Å²) in [7, 11) is 0. The molecule has 2 amide bonds. The van der Waals surface area contributed by atoms with Gasteiger partial charge in [0, 0.05) is 18.7 Å². The zero-order valence-electron chi connectivity index (χ0n) is 13.9. The van der Waals surface area contributed by atoms with E-state index in [9.17, 15) is 9.59 Å². The van der Waals surface area contributed by atoms with Gasteiger partial charge < -0.3 is 19.7 Å². The quantitative estimate of drug-likeness (QED) is 0.435. The van der Waals surface area contributed by atoms with Crippen LogP contribution in [0.2, 0.25) is 0 Å². The van der Waals surface area contributed by atoms with Crippen molar-refractivity contribution in [1.82, 2.24) is 10.3 Å². The zero-order chi connectivity index (χ0) is 18.1. The Morgan fingerprint density at radius 1 is 1.23 bits per heavy atom. The van der Waals surface area contributed by atoms with Gasteiger partial charge in [0.1, 0.15) is 6.17 Å². The van der Waals surface area contributed by atoms with Crippen molar-refractivity contribution < 1.29 is 19.1 Å². The van der Waals surface area contributed by atoms with E-state index in [2.05, 4.69) is 10.7 Å². The molecule has 2 aromatic rings. The van der Waals surface area contributed by atoms with Crippen LogP contribution >= 0.6 is 0 Å². The number of benzene rings is 2. The van der Waals surface area contributed by atoms with E-state index in [1.165, 1.54) is 0 Å². The van der Waals surface area contributed by atoms with Gasteiger partial charge in [-0.05, 0) is 29.8 Å². The highest BCUT2D eigenvalue weighted by Crippen LogP contribution is 2.38. The molecular weight excluding hydrogens is 336 g/mol. The van der Waals surface area contributed by atoms with Crippen LogP contribution in [0.25, 0.3) is 0 Å². The van der Waals surface area contributed by atoms with E-state index >= 15 is 0 Å². The van der Waals surface area contributed by atoms with Gasteiger partial charge in [-0.15, -0.1) is 0 Å². The van der Waals surface area contributed by atoms with Crippen molar-refractivity contribution in [3.05, 3.63) is 53.6 Å². The monoisotopic (exact) mass is 354 g/mol. The summed E-state index contributed by atoms with van der Waals surface area (Å²) >= 11 is 0. The molecule has 1 unspecified atom stereocenters. The Morgan fingerprint density at radius 2 is 2.04 bits per heavy atom. The number of nitrogens with zero attached hydrogens (tertiary/aromatic N) is 1. The molecule has 134 valence electrons. The number of fused-ring (bicyclic) bond motifs is 2. The molecule has 2 heterocycles. The Bertz CT molecular complexity index is 870. The fourth-order valence-electron chi connectivity index (χ4n) is 3.16. The average molecular weight is 354 g/mol. The van der Waals surface area contributed by atoms with Crippen LogP contribution in [0.3, 0.4) is 0 Å². The Kier molecular flexibility index (Phi) is 4.10. The lowest BCUT2D eigenvalue weighted by Gasteiger charge is -2.38. The lowest BCUT2D eigenvalue weighted by Crippen LogP contribution is -2.45. The molecule has 2 aliphatic heterocycles. The number of hydrogen-bond donors (Lipinski definition) is 3. The minimum atomic E-state index is -0.433. The second kappa shape index (κ2) is 6.57. The van der Waals surface area contributed by atoms with Crippen LogP contribution in [0, 0.1) is 0 Å². The van der Waals surface area contributed by atoms with Crippen molar-refractivity contribution in [3.8, 4) is 11.5 Å². The summed E-state index contributed by atoms with van der Waals surface area (Å²) < 4.78 is 10.8. The average Bonchev–Trinajstić information content (AvgIpc) is 3.14. The van der Waals surface area contributed by atoms with E-state index in [1.807, 2.05) is 36.4 Å². The van der Waals surface area contributed by atoms with Gasteiger partial charge in [-0.3, -0.25) is 15.0 Å². The summed E-state index contributed by atoms with van der Waals surface area (Å²) in [6.45, 7) is 0.404. The topological polar surface area (TPSA) is 106 Å². The molecule has 1 atom stereocenters. The van der Waals surface area contributed by atoms with Gasteiger partial charge in [0.05, 0.1) is 5.56 Å². The molecule has 0 saturated heterocycles. The maximum absolute atomic E-state index is 13.0. The first-order valence-corrected chi connectivity index (χ1v) is 8.23. The highest BCUT2D eigenvalue weighted by molar-refractivity contribution is 6.01. The minimum Gasteiger partial charge on any atom is -0.454 e. The molecule has 26 heavy (non-hydrogen) atoms. The van der Waals surface area contributed by atoms with Crippen molar-refractivity contribution in [2.75, 3.05) is 18.7 Å². The van der Waals surface area contributed by atoms with Gasteiger partial charge in [-0.2, -0.15) is 0 Å². The fraction of sp³-hybridized carbons (Fsp3) is 0.222. The number of amides is 2. The standard InChI is InChI=1S/C18H18N4O4/c19-21-16(23)7-8-22-17(11-5-6-14-15(9-11)26-10-25-14)20-13-4-2-1-3-12(13)18(22)24/h1-6,9,17,20H,7-8,10,19H2,(H,21,23). The number of nitrogens with one attached hydrogen (secondary N) is 2. The Labute approximate surface area is 149 Å². The molecule has 0 spiro atoms. The maximum Gasteiger partial charge on any atom is 0.257 e. The molecule has 4 rings (SSSR count). The molecule has 0 saturated carbocycles. The van der Waals surface area contributed by atoms with Gasteiger partial charge in [0.25, 0.3) is 5.91 Å². The molecule has 0 bridgehead atoms. The molecule has 0 fully saturated rings. The first-order valence-electron chi connectivity index (χ1n) is 8.23. The smallest absolute Gasteiger partial charge is 0.257 e. The van der Waals surface area contributed by atoms with Crippen LogP contribution in [-0.4, -0.2) is 30.1 Å². The highest BCUT2D eigenvalue weighted by atomic mass is 16.7. The van der Waals surface area contributed by atoms with Crippen LogP contribution in [-0.2, 0) is 4.79 Å². The van der Waals surface area contributed by atoms with Gasteiger partial charge >= 0.3 is 0 Å². The lowest BCUT2D eigenvalue weighted by atomic mass is 10.0. The van der Waals surface area contributed by atoms with Gasteiger partial charge in [0.15, 0.2) is 11.5 Å². The number of anilines is 1. The number of hydrazine groups is 1. The minimum absolute atomic E-state index is 0.104. The van der Waals surface area contributed by atoms with E-state index < -0.39 is 6.17 Å². The summed E-state index contributed by atoms with van der Waals surface area (Å²) in [6.07, 6.45) is -0.329. The summed E-state index contributed by atoms with van der Waals surface area (Å²) in [5.41, 5.74) is 4.25. The summed E-state index contributed by atoms with van der Waals surface area (Å²) in [6, 6.07) is 12.8. The Balaban J connectivity index is 1.69. The number of hydrogen-bond acceptors (Lipinski definition) is 6. The summed E-state index contributed by atoms with van der Waals surface area (Å²) in [5.74, 6) is 5.98. The highest BCUT2D eigenvalue weighted by Gasteiger charge is 2.33. The van der Waals surface area contributed by atoms with Crippen LogP contribution in [0.1, 0.15) is 28.5 Å². The Morgan fingerprint density at radius 3 is 2.88 bits per heavy atom. The van der Waals surface area contributed by atoms with E-state index in [1.54, 1.807) is 11.0 Å². The molecule has 0 aliphatic carbocycles. The summed E-state index contributed by atoms with van der Waals surface area (Å²) in [5, 5.41) is 3.37. The second-order valence-corrected chi connectivity index (χ2v) is 6.02. The number of para-hydroxylation sites is 1. The number of rotatable bonds is 4. The molecule has 0 aromatic heterocycles. The second-order valence-electron chi connectivity index (χ2n) is 6.02. The Hall–Kier alpha value is -3.26. The van der Waals surface area contributed by atoms with E-state index in [-0.39, 0.29) is 31.6 Å². The molecular formula is C18H18N4O4. The fourth-order valence-corrected chi connectivity index (χ4v) is 3.16. The molecule has 0 radical (unpaired) electrons. The third-order valence-electron chi connectivity index (χ3n) is 4.48. The largest absolute Gasteiger partial charge is 0.454 e. The third-order valence-corrected chi connectivity index (χ3v) is 4.48. The van der Waals surface area contributed by atoms with Gasteiger partial charge in [-0.25, -0.2) is 5.84 Å². The first-order chi connectivity index (χ1) is 12.7. The van der Waals surface area contributed by atoms with Crippen LogP contribution < -0.4 is 26.1 Å². The SMILES string of the molecule is NNC(=O)CCN1C(=O)c2ccccc2NC1c1ccc2c(c1)OCO2. The number of carbonyl (C=O) groups is 2. The predicted octanol–water partition coefficient (Wildman–Crippen LogP) is 1.36. The van der Waals surface area contributed by atoms with Crippen LogP contribution in [0.5, 0.6) is 11.5 Å². The number of ether oxygens (including phenoxy) is 2. The van der Waals surface area contributed by atoms with E-state index in [0.717, 1.165) is 11.3 Å². The van der Waals surface area contributed by atoms with Gasteiger partial charge in [0.2, 0.25) is 12.7 Å². The molecule has 4 N–H and O–H groups in total. The van der Waals surface area contributed by atoms with E-state index in [4.69, 9.17) is 15.3 Å². The van der Waals surface area contributed by atoms with Gasteiger partial charge in [-0.1, -0.05) is 18.2 Å². The maximum atomic E-state index is 13.0. The zero-order valence-corrected chi connectivity index (χ0v) is 13.9. The van der Waals surface area contributed by atoms with Crippen molar-refractivity contribution in [1.29, 1.82) is 0 Å². The molecule has 2 aromatic carbocycles. The normalized spacial score (nSPS) is 17.5. The summed E-state index contributed by atoms with van der Waals surface area (Å²) in [4.78, 5) is 26.2. The van der Waals surface area contributed by atoms with Crippen molar-refractivity contribution in [2.24, 2.45) is 5.84 Å². The number of nitrogens with two attached hydrogens (primary N) is 1. The van der Waals surface area contributed by atoms with Crippen molar-refractivity contribution >= 4 is 17.5 Å². The lowest BCUT2D eigenvalue weighted by molar-refractivity contribution is -0.121. The first kappa shape index (κ1) is 16.2. The number of carbonyl (C=O) groups excluding carboxylic acids is 2. The molecule has 2 aliphatic rings. The predicted molar refractivity (Wildman–Crippen MR) is 93.4 cm³/mol.